The van der Waals surface area contributed by atoms with Crippen molar-refractivity contribution in [2.45, 2.75) is 44.6 Å². The van der Waals surface area contributed by atoms with Crippen LogP contribution < -0.4 is 5.32 Å². The van der Waals surface area contributed by atoms with E-state index in [9.17, 15) is 0 Å². The first-order valence-corrected chi connectivity index (χ1v) is 7.99. The quantitative estimate of drug-likeness (QED) is 0.543. The van der Waals surface area contributed by atoms with Crippen molar-refractivity contribution in [1.29, 1.82) is 0 Å². The predicted molar refractivity (Wildman–Crippen MR) is 77.1 cm³/mol. The molecule has 1 aliphatic carbocycles. The van der Waals surface area contributed by atoms with E-state index in [4.69, 9.17) is 10.2 Å². The van der Waals surface area contributed by atoms with Crippen LogP contribution in [0.5, 0.6) is 0 Å². The largest absolute Gasteiger partial charge is 0.396 e. The number of rotatable bonds is 9. The van der Waals surface area contributed by atoms with Gasteiger partial charge in [-0.2, -0.15) is 0 Å². The molecule has 0 bridgehead atoms. The Morgan fingerprint density at radius 3 is 2.47 bits per heavy atom. The molecule has 2 unspecified atom stereocenters. The molecule has 0 spiro atoms. The molecule has 0 aromatic carbocycles. The van der Waals surface area contributed by atoms with E-state index in [-0.39, 0.29) is 6.61 Å². The molecule has 1 saturated carbocycles. The molecular formula is C15H30N2O2. The first-order chi connectivity index (χ1) is 9.31. The van der Waals surface area contributed by atoms with E-state index in [0.717, 1.165) is 44.2 Å². The Bertz CT molecular complexity index is 246. The van der Waals surface area contributed by atoms with Gasteiger partial charge < -0.3 is 20.4 Å². The Morgan fingerprint density at radius 1 is 1.00 bits per heavy atom. The fraction of sp³-hybridized carbons (Fsp3) is 1.00. The lowest BCUT2D eigenvalue weighted by Crippen LogP contribution is -2.50. The van der Waals surface area contributed by atoms with Crippen molar-refractivity contribution in [3.8, 4) is 0 Å². The molecular weight excluding hydrogens is 240 g/mol. The molecule has 2 rings (SSSR count). The second-order valence-electron chi connectivity index (χ2n) is 6.36. The Balaban J connectivity index is 1.76. The third-order valence-corrected chi connectivity index (χ3v) is 4.36. The normalized spacial score (nSPS) is 28.7. The molecule has 0 aromatic rings. The second kappa shape index (κ2) is 8.20. The van der Waals surface area contributed by atoms with Gasteiger partial charge in [0.05, 0.1) is 0 Å². The first-order valence-electron chi connectivity index (χ1n) is 7.99. The van der Waals surface area contributed by atoms with Gasteiger partial charge in [0.2, 0.25) is 0 Å². The fourth-order valence-corrected chi connectivity index (χ4v) is 3.24. The second-order valence-corrected chi connectivity index (χ2v) is 6.36. The van der Waals surface area contributed by atoms with Crippen molar-refractivity contribution in [3.63, 3.8) is 0 Å². The minimum absolute atomic E-state index is 0.277. The summed E-state index contributed by atoms with van der Waals surface area (Å²) >= 11 is 0. The minimum atomic E-state index is 0.277. The average molecular weight is 270 g/mol. The zero-order valence-corrected chi connectivity index (χ0v) is 12.1. The summed E-state index contributed by atoms with van der Waals surface area (Å²) in [5.74, 6) is 1.68. The SMILES string of the molecule is OCCCNC1CC(CCCO)CN(CC2CC2)C1. The number of aliphatic hydroxyl groups excluding tert-OH is 2. The number of likely N-dealkylation sites (tertiary alicyclic amines) is 1. The lowest BCUT2D eigenvalue weighted by molar-refractivity contribution is 0.124. The lowest BCUT2D eigenvalue weighted by atomic mass is 9.90. The van der Waals surface area contributed by atoms with E-state index in [1.165, 1.54) is 32.4 Å². The minimum Gasteiger partial charge on any atom is -0.396 e. The van der Waals surface area contributed by atoms with E-state index in [1.807, 2.05) is 0 Å². The highest BCUT2D eigenvalue weighted by molar-refractivity contribution is 4.86. The average Bonchev–Trinajstić information content (AvgIpc) is 3.20. The summed E-state index contributed by atoms with van der Waals surface area (Å²) < 4.78 is 0. The van der Waals surface area contributed by atoms with Crippen molar-refractivity contribution in [1.82, 2.24) is 10.2 Å². The van der Waals surface area contributed by atoms with Crippen LogP contribution in [-0.2, 0) is 0 Å². The number of hydrogen-bond acceptors (Lipinski definition) is 4. The van der Waals surface area contributed by atoms with Gasteiger partial charge in [0.15, 0.2) is 0 Å². The van der Waals surface area contributed by atoms with Gasteiger partial charge in [0, 0.05) is 38.9 Å². The Morgan fingerprint density at radius 2 is 1.79 bits per heavy atom. The van der Waals surface area contributed by atoms with Gasteiger partial charge in [-0.3, -0.25) is 0 Å². The third kappa shape index (κ3) is 5.78. The van der Waals surface area contributed by atoms with Gasteiger partial charge in [0.25, 0.3) is 0 Å². The molecule has 2 fully saturated rings. The standard InChI is InChI=1S/C15H30N2O2/c18-7-1-3-14-9-15(16-6-2-8-19)12-17(11-14)10-13-4-5-13/h13-16,18-19H,1-12H2. The Hall–Kier alpha value is -0.160. The van der Waals surface area contributed by atoms with Crippen LogP contribution in [0.15, 0.2) is 0 Å². The molecule has 0 amide bonds. The third-order valence-electron chi connectivity index (χ3n) is 4.36. The molecule has 1 saturated heterocycles. The number of aliphatic hydroxyl groups is 2. The smallest absolute Gasteiger partial charge is 0.0443 e. The zero-order chi connectivity index (χ0) is 13.5. The van der Waals surface area contributed by atoms with Crippen LogP contribution >= 0.6 is 0 Å². The van der Waals surface area contributed by atoms with Crippen LogP contribution in [0.3, 0.4) is 0 Å². The number of nitrogens with one attached hydrogen (secondary N) is 1. The molecule has 2 aliphatic rings. The van der Waals surface area contributed by atoms with Crippen LogP contribution in [-0.4, -0.2) is 60.5 Å². The molecule has 19 heavy (non-hydrogen) atoms. The monoisotopic (exact) mass is 270 g/mol. The van der Waals surface area contributed by atoms with Crippen molar-refractivity contribution < 1.29 is 10.2 Å². The number of nitrogens with zero attached hydrogens (tertiary/aromatic N) is 1. The van der Waals surface area contributed by atoms with E-state index in [2.05, 4.69) is 10.2 Å². The Labute approximate surface area is 117 Å². The highest BCUT2D eigenvalue weighted by Crippen LogP contribution is 2.31. The molecule has 4 heteroatoms. The van der Waals surface area contributed by atoms with Crippen molar-refractivity contribution in [3.05, 3.63) is 0 Å². The zero-order valence-electron chi connectivity index (χ0n) is 12.1. The van der Waals surface area contributed by atoms with E-state index in [0.29, 0.717) is 12.6 Å². The lowest BCUT2D eigenvalue weighted by Gasteiger charge is -2.38. The molecule has 0 radical (unpaired) electrons. The van der Waals surface area contributed by atoms with Crippen LogP contribution in [0.4, 0.5) is 0 Å². The molecule has 1 aliphatic heterocycles. The van der Waals surface area contributed by atoms with Crippen LogP contribution in [0.2, 0.25) is 0 Å². The van der Waals surface area contributed by atoms with Crippen LogP contribution in [0, 0.1) is 11.8 Å². The molecule has 112 valence electrons. The molecule has 4 nitrogen and oxygen atoms in total. The number of hydrogen-bond donors (Lipinski definition) is 3. The summed E-state index contributed by atoms with van der Waals surface area (Å²) in [6, 6.07) is 0.572. The summed E-state index contributed by atoms with van der Waals surface area (Å²) in [7, 11) is 0. The Kier molecular flexibility index (Phi) is 6.57. The van der Waals surface area contributed by atoms with Gasteiger partial charge in [-0.1, -0.05) is 0 Å². The molecule has 0 aromatic heterocycles. The fourth-order valence-electron chi connectivity index (χ4n) is 3.24. The molecule has 1 heterocycles. The summed E-state index contributed by atoms with van der Waals surface area (Å²) in [5, 5.41) is 21.5. The maximum Gasteiger partial charge on any atom is 0.0443 e. The van der Waals surface area contributed by atoms with Crippen molar-refractivity contribution in [2.24, 2.45) is 11.8 Å². The predicted octanol–water partition coefficient (Wildman–Crippen LogP) is 0.831. The van der Waals surface area contributed by atoms with Crippen molar-refractivity contribution >= 4 is 0 Å². The molecule has 3 N–H and O–H groups in total. The first kappa shape index (κ1) is 15.2. The van der Waals surface area contributed by atoms with Gasteiger partial charge >= 0.3 is 0 Å². The molecule has 2 atom stereocenters. The van der Waals surface area contributed by atoms with E-state index >= 15 is 0 Å². The van der Waals surface area contributed by atoms with E-state index in [1.54, 1.807) is 0 Å². The highest BCUT2D eigenvalue weighted by atomic mass is 16.3. The van der Waals surface area contributed by atoms with Crippen LogP contribution in [0.1, 0.15) is 38.5 Å². The van der Waals surface area contributed by atoms with Crippen LogP contribution in [0.25, 0.3) is 0 Å². The maximum atomic E-state index is 9.00. The van der Waals surface area contributed by atoms with Gasteiger partial charge in [0.1, 0.15) is 0 Å². The number of piperidine rings is 1. The van der Waals surface area contributed by atoms with Gasteiger partial charge in [-0.05, 0) is 56.9 Å². The summed E-state index contributed by atoms with van der Waals surface area (Å²) in [6.07, 6.45) is 7.00. The van der Waals surface area contributed by atoms with E-state index < -0.39 is 0 Å². The van der Waals surface area contributed by atoms with Gasteiger partial charge in [-0.15, -0.1) is 0 Å². The summed E-state index contributed by atoms with van der Waals surface area (Å²) in [5.41, 5.74) is 0. The van der Waals surface area contributed by atoms with Crippen molar-refractivity contribution in [2.75, 3.05) is 39.4 Å². The van der Waals surface area contributed by atoms with Gasteiger partial charge in [-0.25, -0.2) is 0 Å². The maximum absolute atomic E-state index is 9.00. The summed E-state index contributed by atoms with van der Waals surface area (Å²) in [4.78, 5) is 2.62. The topological polar surface area (TPSA) is 55.7 Å². The highest BCUT2D eigenvalue weighted by Gasteiger charge is 2.30. The summed E-state index contributed by atoms with van der Waals surface area (Å²) in [6.45, 7) is 5.17.